The largest absolute Gasteiger partial charge is 0.455 e. The summed E-state index contributed by atoms with van der Waals surface area (Å²) in [6.45, 7) is 4.73. The zero-order valence-corrected chi connectivity index (χ0v) is 35.1. The van der Waals surface area contributed by atoms with Gasteiger partial charge in [-0.25, -0.2) is 0 Å². The maximum atomic E-state index is 7.12. The first-order valence-corrected chi connectivity index (χ1v) is 21.9. The van der Waals surface area contributed by atoms with Crippen molar-refractivity contribution in [1.82, 2.24) is 0 Å². The van der Waals surface area contributed by atoms with Crippen LogP contribution in [0.25, 0.3) is 98.4 Å². The van der Waals surface area contributed by atoms with Crippen molar-refractivity contribution in [1.29, 1.82) is 0 Å². The molecular weight excluding hydrogens is 763 g/mol. The number of hydrogen-bond donors (Lipinski definition) is 0. The van der Waals surface area contributed by atoms with Gasteiger partial charge in [-0.1, -0.05) is 184 Å². The third kappa shape index (κ3) is 5.31. The zero-order chi connectivity index (χ0) is 41.8. The SMILES string of the molecule is CC1(C)c2ccccc2-c2ccc(N(c3ccc4c5ccccc5c5ccccc5c4c3)c3cccc4oc5c(-c6ccc(-c7ccccc7)cc6)c6ccccc6cc5c34)cc21. The van der Waals surface area contributed by atoms with Crippen LogP contribution in [0.1, 0.15) is 25.0 Å². The van der Waals surface area contributed by atoms with Crippen LogP contribution >= 0.6 is 0 Å². The molecule has 2 heteroatoms. The molecule has 0 fully saturated rings. The van der Waals surface area contributed by atoms with Gasteiger partial charge >= 0.3 is 0 Å². The number of nitrogens with zero attached hydrogens (tertiary/aromatic N) is 1. The lowest BCUT2D eigenvalue weighted by molar-refractivity contribution is 0.660. The molecule has 11 aromatic carbocycles. The van der Waals surface area contributed by atoms with Gasteiger partial charge in [0.1, 0.15) is 11.2 Å². The highest BCUT2D eigenvalue weighted by Crippen LogP contribution is 2.53. The fourth-order valence-corrected chi connectivity index (χ4v) is 10.8. The Labute approximate surface area is 365 Å². The molecule has 0 saturated heterocycles. The van der Waals surface area contributed by atoms with Crippen LogP contribution in [0.2, 0.25) is 0 Å². The van der Waals surface area contributed by atoms with E-state index in [1.165, 1.54) is 76.5 Å². The molecule has 1 aliphatic rings. The molecule has 0 amide bonds. The van der Waals surface area contributed by atoms with E-state index in [0.717, 1.165) is 50.1 Å². The van der Waals surface area contributed by atoms with Gasteiger partial charge in [0.05, 0.1) is 11.1 Å². The van der Waals surface area contributed by atoms with Crippen molar-refractivity contribution >= 4 is 82.1 Å². The normalized spacial score (nSPS) is 13.0. The van der Waals surface area contributed by atoms with Crippen LogP contribution in [0.3, 0.4) is 0 Å². The van der Waals surface area contributed by atoms with Crippen LogP contribution < -0.4 is 4.90 Å². The third-order valence-electron chi connectivity index (χ3n) is 13.8. The molecule has 2 nitrogen and oxygen atoms in total. The minimum Gasteiger partial charge on any atom is -0.455 e. The molecule has 1 heterocycles. The van der Waals surface area contributed by atoms with E-state index in [9.17, 15) is 0 Å². The lowest BCUT2D eigenvalue weighted by atomic mass is 9.82. The van der Waals surface area contributed by atoms with Gasteiger partial charge in [0.25, 0.3) is 0 Å². The van der Waals surface area contributed by atoms with Crippen molar-refractivity contribution in [3.8, 4) is 33.4 Å². The van der Waals surface area contributed by atoms with Crippen LogP contribution in [-0.2, 0) is 5.41 Å². The number of fused-ring (bicyclic) bond motifs is 13. The summed E-state index contributed by atoms with van der Waals surface area (Å²) >= 11 is 0. The van der Waals surface area contributed by atoms with Crippen LogP contribution in [0.4, 0.5) is 17.1 Å². The fraction of sp³-hybridized carbons (Fsp3) is 0.0492. The second kappa shape index (κ2) is 13.5. The Morgan fingerprint density at radius 3 is 1.71 bits per heavy atom. The highest BCUT2D eigenvalue weighted by atomic mass is 16.3. The van der Waals surface area contributed by atoms with E-state index in [1.807, 2.05) is 0 Å². The smallest absolute Gasteiger partial charge is 0.143 e. The first-order chi connectivity index (χ1) is 31.0. The second-order valence-corrected chi connectivity index (χ2v) is 17.6. The van der Waals surface area contributed by atoms with Gasteiger partial charge in [-0.2, -0.15) is 0 Å². The van der Waals surface area contributed by atoms with Gasteiger partial charge in [0, 0.05) is 27.7 Å². The molecule has 0 N–H and O–H groups in total. The van der Waals surface area contributed by atoms with E-state index >= 15 is 0 Å². The van der Waals surface area contributed by atoms with E-state index in [1.54, 1.807) is 0 Å². The Bertz CT molecular complexity index is 3780. The highest BCUT2D eigenvalue weighted by Gasteiger charge is 2.36. The standard InChI is InChI=1S/C61H41NO/c1-61(2)54-24-13-12-23-50(54)51-34-32-43(37-55(51)61)62(42-31-33-49-47-21-9-8-19-45(47)46-20-10-11-22-48(46)52(49)36-42)56-25-14-26-57-59(56)53-35-41-17-6-7-18-44(41)58(60(53)63-57)40-29-27-39(28-30-40)38-15-4-3-5-16-38/h3-37H,1-2H3. The van der Waals surface area contributed by atoms with Crippen molar-refractivity contribution in [3.05, 3.63) is 223 Å². The molecule has 0 aliphatic heterocycles. The predicted molar refractivity (Wildman–Crippen MR) is 267 cm³/mol. The van der Waals surface area contributed by atoms with Crippen molar-refractivity contribution in [3.63, 3.8) is 0 Å². The molecular formula is C61H41NO. The molecule has 0 bridgehead atoms. The lowest BCUT2D eigenvalue weighted by Crippen LogP contribution is -2.16. The summed E-state index contributed by atoms with van der Waals surface area (Å²) < 4.78 is 7.12. The monoisotopic (exact) mass is 803 g/mol. The fourth-order valence-electron chi connectivity index (χ4n) is 10.8. The Morgan fingerprint density at radius 1 is 0.381 bits per heavy atom. The summed E-state index contributed by atoms with van der Waals surface area (Å²) in [7, 11) is 0. The summed E-state index contributed by atoms with van der Waals surface area (Å²) in [5, 5.41) is 12.1. The van der Waals surface area contributed by atoms with Gasteiger partial charge in [-0.05, 0) is 124 Å². The number of rotatable bonds is 5. The molecule has 13 rings (SSSR count). The van der Waals surface area contributed by atoms with E-state index in [4.69, 9.17) is 4.42 Å². The van der Waals surface area contributed by atoms with Crippen LogP contribution in [0.15, 0.2) is 217 Å². The van der Waals surface area contributed by atoms with Crippen molar-refractivity contribution < 1.29 is 4.42 Å². The number of benzene rings is 11. The Hall–Kier alpha value is -7.94. The number of hydrogen-bond acceptors (Lipinski definition) is 2. The maximum absolute atomic E-state index is 7.12. The van der Waals surface area contributed by atoms with E-state index in [0.29, 0.717) is 0 Å². The average Bonchev–Trinajstić information content (AvgIpc) is 3.82. The molecule has 0 atom stereocenters. The highest BCUT2D eigenvalue weighted by molar-refractivity contribution is 6.26. The van der Waals surface area contributed by atoms with Crippen LogP contribution in [0.5, 0.6) is 0 Å². The molecule has 63 heavy (non-hydrogen) atoms. The number of furan rings is 1. The Balaban J connectivity index is 1.09. The first-order valence-electron chi connectivity index (χ1n) is 21.9. The van der Waals surface area contributed by atoms with Crippen molar-refractivity contribution in [2.24, 2.45) is 0 Å². The molecule has 296 valence electrons. The molecule has 0 radical (unpaired) electrons. The van der Waals surface area contributed by atoms with Gasteiger partial charge in [-0.3, -0.25) is 0 Å². The average molecular weight is 804 g/mol. The summed E-state index contributed by atoms with van der Waals surface area (Å²) in [5.74, 6) is 0. The zero-order valence-electron chi connectivity index (χ0n) is 35.1. The van der Waals surface area contributed by atoms with E-state index in [2.05, 4.69) is 231 Å². The van der Waals surface area contributed by atoms with Crippen molar-refractivity contribution in [2.75, 3.05) is 4.90 Å². The quantitative estimate of drug-likeness (QED) is 0.161. The third-order valence-corrected chi connectivity index (χ3v) is 13.8. The molecule has 12 aromatic rings. The van der Waals surface area contributed by atoms with Crippen LogP contribution in [-0.4, -0.2) is 0 Å². The Kier molecular flexibility index (Phi) is 7.68. The van der Waals surface area contributed by atoms with Gasteiger partial charge in [0.2, 0.25) is 0 Å². The summed E-state index contributed by atoms with van der Waals surface area (Å²) in [4.78, 5) is 2.48. The first kappa shape index (κ1) is 35.8. The predicted octanol–water partition coefficient (Wildman–Crippen LogP) is 17.3. The van der Waals surface area contributed by atoms with E-state index < -0.39 is 0 Å². The topological polar surface area (TPSA) is 16.4 Å². The molecule has 0 spiro atoms. The minimum atomic E-state index is -0.162. The van der Waals surface area contributed by atoms with Crippen LogP contribution in [0, 0.1) is 0 Å². The number of anilines is 3. The molecule has 0 saturated carbocycles. The lowest BCUT2D eigenvalue weighted by Gasteiger charge is -2.29. The van der Waals surface area contributed by atoms with Gasteiger partial charge in [-0.15, -0.1) is 0 Å². The van der Waals surface area contributed by atoms with E-state index in [-0.39, 0.29) is 5.41 Å². The maximum Gasteiger partial charge on any atom is 0.143 e. The second-order valence-electron chi connectivity index (χ2n) is 17.6. The van der Waals surface area contributed by atoms with Gasteiger partial charge in [0.15, 0.2) is 0 Å². The summed E-state index contributed by atoms with van der Waals surface area (Å²) in [6.07, 6.45) is 0. The summed E-state index contributed by atoms with van der Waals surface area (Å²) in [5.41, 5.74) is 14.8. The summed E-state index contributed by atoms with van der Waals surface area (Å²) in [6, 6.07) is 77.9. The minimum absolute atomic E-state index is 0.162. The Morgan fingerprint density at radius 2 is 0.952 bits per heavy atom. The molecule has 1 aliphatic carbocycles. The van der Waals surface area contributed by atoms with Gasteiger partial charge < -0.3 is 9.32 Å². The molecule has 0 unspecified atom stereocenters. The molecule has 1 aromatic heterocycles. The van der Waals surface area contributed by atoms with Crippen molar-refractivity contribution in [2.45, 2.75) is 19.3 Å².